The summed E-state index contributed by atoms with van der Waals surface area (Å²) in [6.45, 7) is 4.86. The highest BCUT2D eigenvalue weighted by molar-refractivity contribution is 5.80. The normalized spacial score (nSPS) is 12.5. The molecule has 0 N–H and O–H groups in total. The van der Waals surface area contributed by atoms with Crippen LogP contribution in [-0.2, 0) is 0 Å². The van der Waals surface area contributed by atoms with E-state index in [9.17, 15) is 22.0 Å². The maximum Gasteiger partial charge on any atom is 0.200 e. The molecule has 17 heavy (non-hydrogen) atoms. The lowest BCUT2D eigenvalue weighted by molar-refractivity contribution is 0.377. The zero-order valence-electron chi connectivity index (χ0n) is 9.41. The average molecular weight is 251 g/mol. The maximum atomic E-state index is 13.2. The van der Waals surface area contributed by atoms with E-state index in [-0.39, 0.29) is 0 Å². The summed E-state index contributed by atoms with van der Waals surface area (Å²) >= 11 is 0. The van der Waals surface area contributed by atoms with E-state index < -0.39 is 40.2 Å². The number of nitrogens with zero attached hydrogens (tertiary/aromatic N) is 1. The van der Waals surface area contributed by atoms with Crippen LogP contribution in [0.1, 0.15) is 26.3 Å². The minimum absolute atomic E-state index is 0.649. The molecule has 0 aromatic heterocycles. The van der Waals surface area contributed by atoms with Crippen molar-refractivity contribution >= 4 is 6.21 Å². The van der Waals surface area contributed by atoms with E-state index in [1.807, 2.05) is 0 Å². The molecule has 0 saturated heterocycles. The van der Waals surface area contributed by atoms with E-state index >= 15 is 0 Å². The van der Waals surface area contributed by atoms with Gasteiger partial charge in [0.1, 0.15) is 0 Å². The van der Waals surface area contributed by atoms with Gasteiger partial charge in [-0.1, -0.05) is 0 Å². The van der Waals surface area contributed by atoms with E-state index in [1.165, 1.54) is 0 Å². The van der Waals surface area contributed by atoms with Crippen molar-refractivity contribution in [2.24, 2.45) is 4.99 Å². The Morgan fingerprint density at radius 1 is 0.765 bits per heavy atom. The predicted octanol–water partition coefficient (Wildman–Crippen LogP) is 3.60. The second kappa shape index (κ2) is 4.43. The van der Waals surface area contributed by atoms with Crippen molar-refractivity contribution in [3.63, 3.8) is 0 Å². The van der Waals surface area contributed by atoms with Crippen LogP contribution in [0.25, 0.3) is 0 Å². The van der Waals surface area contributed by atoms with Gasteiger partial charge >= 0.3 is 0 Å². The summed E-state index contributed by atoms with van der Waals surface area (Å²) in [5.41, 5.74) is -1.71. The zero-order valence-corrected chi connectivity index (χ0v) is 9.41. The molecule has 6 heteroatoms. The van der Waals surface area contributed by atoms with Gasteiger partial charge < -0.3 is 0 Å². The van der Waals surface area contributed by atoms with Crippen molar-refractivity contribution in [1.29, 1.82) is 0 Å². The summed E-state index contributed by atoms with van der Waals surface area (Å²) in [5, 5.41) is 0. The first-order valence-electron chi connectivity index (χ1n) is 4.72. The fourth-order valence-corrected chi connectivity index (χ4v) is 0.993. The first-order chi connectivity index (χ1) is 7.65. The smallest absolute Gasteiger partial charge is 0.200 e. The van der Waals surface area contributed by atoms with Gasteiger partial charge in [-0.15, -0.1) is 0 Å². The van der Waals surface area contributed by atoms with E-state index in [1.54, 1.807) is 20.8 Å². The predicted molar refractivity (Wildman–Crippen MR) is 53.6 cm³/mol. The highest BCUT2D eigenvalue weighted by atomic mass is 19.2. The van der Waals surface area contributed by atoms with Gasteiger partial charge in [-0.2, -0.15) is 0 Å². The summed E-state index contributed by atoms with van der Waals surface area (Å²) in [6, 6.07) is 0. The molecule has 1 rings (SSSR count). The molecule has 1 nitrogen and oxygen atoms in total. The van der Waals surface area contributed by atoms with Crippen molar-refractivity contribution in [1.82, 2.24) is 0 Å². The van der Waals surface area contributed by atoms with Crippen molar-refractivity contribution < 1.29 is 22.0 Å². The monoisotopic (exact) mass is 251 g/mol. The third-order valence-corrected chi connectivity index (χ3v) is 1.82. The first-order valence-corrected chi connectivity index (χ1v) is 4.72. The Hall–Kier alpha value is -1.46. The lowest BCUT2D eigenvalue weighted by Crippen LogP contribution is -2.12. The SMILES string of the molecule is CC(C)(C)N=Cc1c(F)c(F)c(F)c(F)c1F. The fraction of sp³-hybridized carbons (Fsp3) is 0.364. The third kappa shape index (κ3) is 2.81. The molecule has 0 amide bonds. The Morgan fingerprint density at radius 3 is 1.47 bits per heavy atom. The highest BCUT2D eigenvalue weighted by Crippen LogP contribution is 2.22. The van der Waals surface area contributed by atoms with Crippen LogP contribution in [-0.4, -0.2) is 11.8 Å². The Morgan fingerprint density at radius 2 is 1.12 bits per heavy atom. The molecule has 94 valence electrons. The number of hydrogen-bond acceptors (Lipinski definition) is 1. The minimum atomic E-state index is -2.17. The lowest BCUT2D eigenvalue weighted by Gasteiger charge is -2.11. The molecule has 0 fully saturated rings. The summed E-state index contributed by atoms with van der Waals surface area (Å²) in [4.78, 5) is 3.70. The van der Waals surface area contributed by atoms with Crippen LogP contribution in [0.4, 0.5) is 22.0 Å². The maximum absolute atomic E-state index is 13.2. The van der Waals surface area contributed by atoms with Crippen LogP contribution < -0.4 is 0 Å². The van der Waals surface area contributed by atoms with Gasteiger partial charge in [0.25, 0.3) is 0 Å². The second-order valence-corrected chi connectivity index (χ2v) is 4.41. The molecular formula is C11H10F5N. The zero-order chi connectivity index (χ0) is 13.4. The summed E-state index contributed by atoms with van der Waals surface area (Å²) in [5.74, 6) is -9.88. The Kier molecular flexibility index (Phi) is 3.54. The summed E-state index contributed by atoms with van der Waals surface area (Å²) in [6.07, 6.45) is 0.649. The van der Waals surface area contributed by atoms with Gasteiger partial charge in [-0.25, -0.2) is 22.0 Å². The Balaban J connectivity index is 3.40. The van der Waals surface area contributed by atoms with Gasteiger partial charge in [0.2, 0.25) is 5.82 Å². The average Bonchev–Trinajstić information content (AvgIpc) is 2.22. The molecule has 1 aromatic rings. The van der Waals surface area contributed by atoms with Gasteiger partial charge in [-0.3, -0.25) is 4.99 Å². The van der Waals surface area contributed by atoms with Gasteiger partial charge in [0.15, 0.2) is 23.3 Å². The molecule has 0 spiro atoms. The molecule has 0 bridgehead atoms. The standard InChI is InChI=1S/C11H10F5N/c1-11(2,3)17-4-5-6(12)8(14)10(16)9(15)7(5)13/h4H,1-3H3. The number of aliphatic imine (C=N–C) groups is 1. The molecular weight excluding hydrogens is 241 g/mol. The van der Waals surface area contributed by atoms with Crippen LogP contribution in [0.2, 0.25) is 0 Å². The summed E-state index contributed by atoms with van der Waals surface area (Å²) in [7, 11) is 0. The quantitative estimate of drug-likeness (QED) is 0.313. The highest BCUT2D eigenvalue weighted by Gasteiger charge is 2.24. The van der Waals surface area contributed by atoms with Crippen molar-refractivity contribution in [2.75, 3.05) is 0 Å². The van der Waals surface area contributed by atoms with E-state index in [4.69, 9.17) is 0 Å². The van der Waals surface area contributed by atoms with Gasteiger partial charge in [-0.05, 0) is 20.8 Å². The van der Waals surface area contributed by atoms with Crippen LogP contribution in [0, 0.1) is 29.1 Å². The van der Waals surface area contributed by atoms with Crippen LogP contribution >= 0.6 is 0 Å². The minimum Gasteiger partial charge on any atom is -0.287 e. The van der Waals surface area contributed by atoms with Crippen LogP contribution in [0.15, 0.2) is 4.99 Å². The Labute approximate surface area is 95.0 Å². The molecule has 0 unspecified atom stereocenters. The number of halogens is 5. The summed E-state index contributed by atoms with van der Waals surface area (Å²) < 4.78 is 64.6. The molecule has 0 aliphatic carbocycles. The molecule has 0 heterocycles. The van der Waals surface area contributed by atoms with E-state index in [0.29, 0.717) is 6.21 Å². The number of hydrogen-bond donors (Lipinski definition) is 0. The first kappa shape index (κ1) is 13.6. The number of rotatable bonds is 1. The number of benzene rings is 1. The fourth-order valence-electron chi connectivity index (χ4n) is 0.993. The molecule has 0 aliphatic heterocycles. The third-order valence-electron chi connectivity index (χ3n) is 1.82. The molecule has 1 aromatic carbocycles. The largest absolute Gasteiger partial charge is 0.287 e. The van der Waals surface area contributed by atoms with Gasteiger partial charge in [0.05, 0.1) is 11.1 Å². The van der Waals surface area contributed by atoms with Crippen LogP contribution in [0.5, 0.6) is 0 Å². The van der Waals surface area contributed by atoms with Crippen LogP contribution in [0.3, 0.4) is 0 Å². The Bertz CT molecular complexity index is 445. The molecule has 0 radical (unpaired) electrons. The molecule has 0 saturated carbocycles. The van der Waals surface area contributed by atoms with E-state index in [2.05, 4.69) is 4.99 Å². The van der Waals surface area contributed by atoms with Crippen molar-refractivity contribution in [3.05, 3.63) is 34.6 Å². The van der Waals surface area contributed by atoms with Crippen molar-refractivity contribution in [3.8, 4) is 0 Å². The molecule has 0 aliphatic rings. The van der Waals surface area contributed by atoms with Crippen molar-refractivity contribution in [2.45, 2.75) is 26.3 Å². The topological polar surface area (TPSA) is 12.4 Å². The molecule has 0 atom stereocenters. The van der Waals surface area contributed by atoms with E-state index in [0.717, 1.165) is 0 Å². The lowest BCUT2D eigenvalue weighted by atomic mass is 10.1. The second-order valence-electron chi connectivity index (χ2n) is 4.41. The van der Waals surface area contributed by atoms with Gasteiger partial charge in [0, 0.05) is 6.21 Å².